The van der Waals surface area contributed by atoms with Gasteiger partial charge in [0.2, 0.25) is 12.5 Å². The maximum atomic E-state index is 12.4. The Hall–Kier alpha value is -3.19. The normalized spacial score (nSPS) is 26.9. The Morgan fingerprint density at radius 3 is 1.84 bits per heavy atom. The van der Waals surface area contributed by atoms with Crippen LogP contribution < -0.4 is 10.2 Å². The van der Waals surface area contributed by atoms with Crippen molar-refractivity contribution < 1.29 is 23.9 Å². The van der Waals surface area contributed by atoms with E-state index in [0.717, 1.165) is 16.0 Å². The molecule has 3 aromatic rings. The molecule has 2 N–H and O–H groups in total. The molecule has 5 rings (SSSR count). The van der Waals surface area contributed by atoms with Crippen molar-refractivity contribution in [1.29, 1.82) is 0 Å². The summed E-state index contributed by atoms with van der Waals surface area (Å²) < 4.78 is 18.2. The molecule has 1 amide bonds. The third-order valence-corrected chi connectivity index (χ3v) is 5.93. The number of para-hydroxylation sites is 1. The molecule has 158 valence electrons. The lowest BCUT2D eigenvalue weighted by atomic mass is 10.0. The zero-order chi connectivity index (χ0) is 21.1. The van der Waals surface area contributed by atoms with E-state index in [4.69, 9.17) is 14.2 Å². The lowest BCUT2D eigenvalue weighted by molar-refractivity contribution is -1.00. The number of hydrogen-bond acceptors (Lipinski definition) is 4. The molecule has 2 fully saturated rings. The van der Waals surface area contributed by atoms with Crippen LogP contribution in [0.4, 0.5) is 10.5 Å². The van der Waals surface area contributed by atoms with E-state index in [-0.39, 0.29) is 19.1 Å². The lowest BCUT2D eigenvalue weighted by Crippen LogP contribution is -3.17. The molecule has 2 atom stereocenters. The van der Waals surface area contributed by atoms with Gasteiger partial charge in [-0.3, -0.25) is 10.2 Å². The molecule has 2 saturated heterocycles. The van der Waals surface area contributed by atoms with Crippen LogP contribution in [0.25, 0.3) is 0 Å². The van der Waals surface area contributed by atoms with Gasteiger partial charge in [0, 0.05) is 16.8 Å². The van der Waals surface area contributed by atoms with Gasteiger partial charge in [0.25, 0.3) is 0 Å². The van der Waals surface area contributed by atoms with Crippen LogP contribution in [0, 0.1) is 0 Å². The van der Waals surface area contributed by atoms with Crippen molar-refractivity contribution in [1.82, 2.24) is 0 Å². The Bertz CT molecular complexity index is 962. The van der Waals surface area contributed by atoms with E-state index in [9.17, 15) is 4.79 Å². The summed E-state index contributed by atoms with van der Waals surface area (Å²) in [5.74, 6) is 0. The number of carbonyl (C=O) groups is 1. The third kappa shape index (κ3) is 3.93. The van der Waals surface area contributed by atoms with Crippen LogP contribution in [0.3, 0.4) is 0 Å². The second-order valence-corrected chi connectivity index (χ2v) is 8.01. The maximum absolute atomic E-state index is 12.4. The van der Waals surface area contributed by atoms with Gasteiger partial charge in [0.15, 0.2) is 12.1 Å². The van der Waals surface area contributed by atoms with Crippen molar-refractivity contribution in [3.8, 4) is 0 Å². The van der Waals surface area contributed by atoms with Crippen LogP contribution in [-0.2, 0) is 14.2 Å². The molecule has 0 aliphatic carbocycles. The molecule has 6 nitrogen and oxygen atoms in total. The minimum absolute atomic E-state index is 0.199. The summed E-state index contributed by atoms with van der Waals surface area (Å²) in [6, 6.07) is 29.6. The first-order valence-electron chi connectivity index (χ1n) is 10.4. The Morgan fingerprint density at radius 2 is 1.32 bits per heavy atom. The second kappa shape index (κ2) is 8.51. The number of rotatable bonds is 5. The summed E-state index contributed by atoms with van der Waals surface area (Å²) in [4.78, 5) is 13.6. The Kier molecular flexibility index (Phi) is 5.42. The fourth-order valence-corrected chi connectivity index (χ4v) is 4.42. The van der Waals surface area contributed by atoms with E-state index in [1.54, 1.807) is 0 Å². The number of carbonyl (C=O) groups excluding carboxylic acids is 1. The number of benzene rings is 3. The minimum atomic E-state index is -0.480. The molecular weight excluding hydrogens is 392 g/mol. The third-order valence-electron chi connectivity index (χ3n) is 5.93. The molecule has 2 aliphatic rings. The van der Waals surface area contributed by atoms with Crippen LogP contribution in [0.5, 0.6) is 0 Å². The number of ether oxygens (including phenoxy) is 3. The monoisotopic (exact) mass is 417 g/mol. The van der Waals surface area contributed by atoms with E-state index in [2.05, 4.69) is 29.6 Å². The predicted molar refractivity (Wildman–Crippen MR) is 115 cm³/mol. The van der Waals surface area contributed by atoms with Crippen molar-refractivity contribution >= 4 is 11.8 Å². The zero-order valence-corrected chi connectivity index (χ0v) is 17.1. The van der Waals surface area contributed by atoms with Crippen molar-refractivity contribution in [2.24, 2.45) is 0 Å². The van der Waals surface area contributed by atoms with Gasteiger partial charge < -0.3 is 14.2 Å². The SMILES string of the molecule is O=C(Nc1ccccc1)OCC12CO[C@H](c3ccccc3)[NH+]1[C@@H](c1ccccc1)OC2. The summed E-state index contributed by atoms with van der Waals surface area (Å²) in [6.45, 7) is 1.10. The number of hydrogen-bond donors (Lipinski definition) is 2. The molecule has 0 aromatic heterocycles. The minimum Gasteiger partial charge on any atom is -0.442 e. The molecule has 0 unspecified atom stereocenters. The second-order valence-electron chi connectivity index (χ2n) is 8.01. The fraction of sp³-hybridized carbons (Fsp3) is 0.240. The van der Waals surface area contributed by atoms with Gasteiger partial charge >= 0.3 is 6.09 Å². The van der Waals surface area contributed by atoms with E-state index in [1.165, 1.54) is 0 Å². The highest BCUT2D eigenvalue weighted by atomic mass is 16.6. The van der Waals surface area contributed by atoms with Crippen molar-refractivity contribution in [3.05, 3.63) is 102 Å². The summed E-state index contributed by atoms with van der Waals surface area (Å²) in [6.07, 6.45) is -0.879. The van der Waals surface area contributed by atoms with Crippen LogP contribution in [0.15, 0.2) is 91.0 Å². The molecule has 3 aromatic carbocycles. The first-order valence-corrected chi connectivity index (χ1v) is 10.4. The molecule has 2 heterocycles. The summed E-state index contributed by atoms with van der Waals surface area (Å²) in [5.41, 5.74) is 2.39. The van der Waals surface area contributed by atoms with Crippen LogP contribution in [0.2, 0.25) is 0 Å². The smallest absolute Gasteiger partial charge is 0.411 e. The first kappa shape index (κ1) is 19.8. The van der Waals surface area contributed by atoms with Gasteiger partial charge in [-0.15, -0.1) is 0 Å². The fourth-order valence-electron chi connectivity index (χ4n) is 4.42. The van der Waals surface area contributed by atoms with Crippen LogP contribution in [-0.4, -0.2) is 31.5 Å². The van der Waals surface area contributed by atoms with Crippen molar-refractivity contribution in [2.45, 2.75) is 18.0 Å². The number of fused-ring (bicyclic) bond motifs is 1. The highest BCUT2D eigenvalue weighted by molar-refractivity contribution is 5.84. The molecular formula is C25H25N2O4+. The topological polar surface area (TPSA) is 61.2 Å². The van der Waals surface area contributed by atoms with E-state index in [1.807, 2.05) is 66.7 Å². The van der Waals surface area contributed by atoms with E-state index < -0.39 is 11.6 Å². The average Bonchev–Trinajstić information content (AvgIpc) is 3.37. The number of amides is 1. The largest absolute Gasteiger partial charge is 0.442 e. The van der Waals surface area contributed by atoms with Gasteiger partial charge in [-0.1, -0.05) is 78.9 Å². The molecule has 0 bridgehead atoms. The van der Waals surface area contributed by atoms with Gasteiger partial charge in [-0.25, -0.2) is 4.79 Å². The highest BCUT2D eigenvalue weighted by Crippen LogP contribution is 2.32. The highest BCUT2D eigenvalue weighted by Gasteiger charge is 2.62. The Labute approximate surface area is 181 Å². The predicted octanol–water partition coefficient (Wildman–Crippen LogP) is 3.32. The molecule has 31 heavy (non-hydrogen) atoms. The quantitative estimate of drug-likeness (QED) is 0.669. The summed E-state index contributed by atoms with van der Waals surface area (Å²) in [5, 5.41) is 2.78. The molecule has 2 aliphatic heterocycles. The summed E-state index contributed by atoms with van der Waals surface area (Å²) >= 11 is 0. The number of anilines is 1. The number of nitrogens with one attached hydrogen (secondary N) is 2. The van der Waals surface area contributed by atoms with Crippen molar-refractivity contribution in [3.63, 3.8) is 0 Å². The van der Waals surface area contributed by atoms with E-state index >= 15 is 0 Å². The van der Waals surface area contributed by atoms with Crippen LogP contribution in [0.1, 0.15) is 23.6 Å². The first-order chi connectivity index (χ1) is 15.3. The maximum Gasteiger partial charge on any atom is 0.411 e. The standard InChI is InChI=1S/C25H24N2O4/c28-24(26-21-14-8-3-9-15-21)31-18-25-16-29-22(19-10-4-1-5-11-19)27(25)23(30-17-25)20-12-6-2-7-13-20/h1-15,22-23H,16-18H2,(H,26,28)/p+1/t22-,23-/m1/s1. The zero-order valence-electron chi connectivity index (χ0n) is 17.1. The van der Waals surface area contributed by atoms with Gasteiger partial charge in [0.05, 0.1) is 0 Å². The molecule has 6 heteroatoms. The summed E-state index contributed by atoms with van der Waals surface area (Å²) in [7, 11) is 0. The van der Waals surface area contributed by atoms with Crippen molar-refractivity contribution in [2.75, 3.05) is 25.1 Å². The lowest BCUT2D eigenvalue weighted by Gasteiger charge is -2.30. The average molecular weight is 417 g/mol. The van der Waals surface area contributed by atoms with E-state index in [0.29, 0.717) is 18.9 Å². The number of quaternary nitrogens is 1. The molecule has 0 saturated carbocycles. The molecule has 0 radical (unpaired) electrons. The van der Waals surface area contributed by atoms with Gasteiger partial charge in [-0.2, -0.15) is 0 Å². The Balaban J connectivity index is 1.38. The van der Waals surface area contributed by atoms with Crippen LogP contribution >= 0.6 is 0 Å². The Morgan fingerprint density at radius 1 is 0.839 bits per heavy atom. The molecule has 0 spiro atoms. The van der Waals surface area contributed by atoms with Gasteiger partial charge in [-0.05, 0) is 12.1 Å². The van der Waals surface area contributed by atoms with Gasteiger partial charge in [0.1, 0.15) is 13.2 Å².